The van der Waals surface area contributed by atoms with E-state index in [0.29, 0.717) is 18.8 Å². The van der Waals surface area contributed by atoms with Crippen molar-refractivity contribution in [2.75, 3.05) is 27.2 Å². The normalized spacial score (nSPS) is 16.1. The van der Waals surface area contributed by atoms with Gasteiger partial charge in [0.05, 0.1) is 6.61 Å². The van der Waals surface area contributed by atoms with E-state index in [1.165, 1.54) is 0 Å². The highest BCUT2D eigenvalue weighted by atomic mass is 16.5. The first-order valence-electron chi connectivity index (χ1n) is 4.21. The van der Waals surface area contributed by atoms with Gasteiger partial charge >= 0.3 is 0 Å². The molecule has 0 radical (unpaired) electrons. The SMILES string of the molecule is CN(C)CCC(=O)C1=CCCO1. The van der Waals surface area contributed by atoms with E-state index < -0.39 is 0 Å². The number of Topliss-reactive ketones (excluding diaryl/α,β-unsaturated/α-hetero) is 1. The molecule has 0 aromatic carbocycles. The van der Waals surface area contributed by atoms with Gasteiger partial charge in [0.1, 0.15) is 0 Å². The number of allylic oxidation sites excluding steroid dienone is 1. The Labute approximate surface area is 73.0 Å². The summed E-state index contributed by atoms with van der Waals surface area (Å²) in [5, 5.41) is 0. The summed E-state index contributed by atoms with van der Waals surface area (Å²) in [7, 11) is 3.91. The largest absolute Gasteiger partial charge is 0.490 e. The van der Waals surface area contributed by atoms with Gasteiger partial charge < -0.3 is 9.64 Å². The first-order chi connectivity index (χ1) is 5.70. The summed E-state index contributed by atoms with van der Waals surface area (Å²) >= 11 is 0. The van der Waals surface area contributed by atoms with Gasteiger partial charge in [-0.3, -0.25) is 4.79 Å². The van der Waals surface area contributed by atoms with Gasteiger partial charge in [-0.1, -0.05) is 0 Å². The predicted molar refractivity (Wildman–Crippen MR) is 46.8 cm³/mol. The molecular weight excluding hydrogens is 154 g/mol. The lowest BCUT2D eigenvalue weighted by Crippen LogP contribution is -2.17. The maximum Gasteiger partial charge on any atom is 0.198 e. The first kappa shape index (κ1) is 9.26. The topological polar surface area (TPSA) is 29.5 Å². The Morgan fingerprint density at radius 1 is 1.67 bits per heavy atom. The van der Waals surface area contributed by atoms with Gasteiger partial charge in [-0.25, -0.2) is 0 Å². The molecule has 0 atom stereocenters. The maximum absolute atomic E-state index is 11.3. The quantitative estimate of drug-likeness (QED) is 0.623. The molecule has 0 N–H and O–H groups in total. The van der Waals surface area contributed by atoms with Gasteiger partial charge in [0.2, 0.25) is 0 Å². The lowest BCUT2D eigenvalue weighted by Gasteiger charge is -2.08. The van der Waals surface area contributed by atoms with Crippen molar-refractivity contribution in [2.45, 2.75) is 12.8 Å². The summed E-state index contributed by atoms with van der Waals surface area (Å²) in [4.78, 5) is 13.3. The number of ketones is 1. The van der Waals surface area contributed by atoms with Crippen molar-refractivity contribution >= 4 is 5.78 Å². The molecule has 0 spiro atoms. The molecular formula is C9H15NO2. The van der Waals surface area contributed by atoms with E-state index >= 15 is 0 Å². The van der Waals surface area contributed by atoms with Crippen molar-refractivity contribution in [2.24, 2.45) is 0 Å². The number of carbonyl (C=O) groups excluding carboxylic acids is 1. The molecule has 0 aromatic heterocycles. The van der Waals surface area contributed by atoms with E-state index in [9.17, 15) is 4.79 Å². The molecule has 3 nitrogen and oxygen atoms in total. The third kappa shape index (κ3) is 2.66. The van der Waals surface area contributed by atoms with Gasteiger partial charge in [-0.2, -0.15) is 0 Å². The van der Waals surface area contributed by atoms with Gasteiger partial charge in [0.15, 0.2) is 11.5 Å². The van der Waals surface area contributed by atoms with Crippen molar-refractivity contribution in [3.8, 4) is 0 Å². The van der Waals surface area contributed by atoms with Crippen molar-refractivity contribution in [3.05, 3.63) is 11.8 Å². The van der Waals surface area contributed by atoms with Crippen molar-refractivity contribution in [1.82, 2.24) is 4.90 Å². The molecule has 0 saturated heterocycles. The number of rotatable bonds is 4. The molecule has 0 aliphatic carbocycles. The maximum atomic E-state index is 11.3. The van der Waals surface area contributed by atoms with Crippen LogP contribution in [0.1, 0.15) is 12.8 Å². The van der Waals surface area contributed by atoms with Crippen LogP contribution in [-0.4, -0.2) is 37.9 Å². The van der Waals surface area contributed by atoms with E-state index in [1.54, 1.807) is 0 Å². The summed E-state index contributed by atoms with van der Waals surface area (Å²) in [6.07, 6.45) is 3.31. The van der Waals surface area contributed by atoms with Gasteiger partial charge in [0, 0.05) is 19.4 Å². The smallest absolute Gasteiger partial charge is 0.198 e. The van der Waals surface area contributed by atoms with E-state index in [2.05, 4.69) is 0 Å². The summed E-state index contributed by atoms with van der Waals surface area (Å²) < 4.78 is 5.14. The molecule has 0 bridgehead atoms. The van der Waals surface area contributed by atoms with E-state index in [4.69, 9.17) is 4.74 Å². The number of carbonyl (C=O) groups is 1. The van der Waals surface area contributed by atoms with Crippen molar-refractivity contribution < 1.29 is 9.53 Å². The third-order valence-corrected chi connectivity index (χ3v) is 1.77. The van der Waals surface area contributed by atoms with Crippen molar-refractivity contribution in [1.29, 1.82) is 0 Å². The Balaban J connectivity index is 2.28. The molecule has 3 heteroatoms. The fourth-order valence-corrected chi connectivity index (χ4v) is 1.06. The predicted octanol–water partition coefficient (Wildman–Crippen LogP) is 0.811. The number of nitrogens with zero attached hydrogens (tertiary/aromatic N) is 1. The first-order valence-corrected chi connectivity index (χ1v) is 4.21. The molecule has 1 aliphatic heterocycles. The van der Waals surface area contributed by atoms with Crippen molar-refractivity contribution in [3.63, 3.8) is 0 Å². The average Bonchev–Trinajstić information content (AvgIpc) is 2.51. The Hall–Kier alpha value is -0.830. The molecule has 68 valence electrons. The summed E-state index contributed by atoms with van der Waals surface area (Å²) in [5.41, 5.74) is 0. The van der Waals surface area contributed by atoms with Crippen LogP contribution in [0, 0.1) is 0 Å². The van der Waals surface area contributed by atoms with Crippen LogP contribution in [0.4, 0.5) is 0 Å². The molecule has 1 aliphatic rings. The van der Waals surface area contributed by atoms with Gasteiger partial charge in [-0.15, -0.1) is 0 Å². The molecule has 12 heavy (non-hydrogen) atoms. The van der Waals surface area contributed by atoms with Crippen LogP contribution in [-0.2, 0) is 9.53 Å². The van der Waals surface area contributed by atoms with Crippen LogP contribution in [0.5, 0.6) is 0 Å². The molecule has 0 amide bonds. The fourth-order valence-electron chi connectivity index (χ4n) is 1.06. The highest BCUT2D eigenvalue weighted by Crippen LogP contribution is 2.11. The molecule has 0 saturated carbocycles. The average molecular weight is 169 g/mol. The highest BCUT2D eigenvalue weighted by molar-refractivity contribution is 5.93. The zero-order valence-corrected chi connectivity index (χ0v) is 7.67. The van der Waals surface area contributed by atoms with Crippen LogP contribution in [0.3, 0.4) is 0 Å². The third-order valence-electron chi connectivity index (χ3n) is 1.77. The van der Waals surface area contributed by atoms with Gasteiger partial charge in [-0.05, 0) is 20.2 Å². The van der Waals surface area contributed by atoms with Crippen LogP contribution < -0.4 is 0 Å². The zero-order valence-electron chi connectivity index (χ0n) is 7.67. The van der Waals surface area contributed by atoms with E-state index in [-0.39, 0.29) is 5.78 Å². The highest BCUT2D eigenvalue weighted by Gasteiger charge is 2.14. The van der Waals surface area contributed by atoms with E-state index in [0.717, 1.165) is 13.0 Å². The summed E-state index contributed by atoms with van der Waals surface area (Å²) in [6, 6.07) is 0. The molecule has 0 aromatic rings. The minimum atomic E-state index is 0.126. The molecule has 0 unspecified atom stereocenters. The molecule has 1 rings (SSSR count). The second-order valence-corrected chi connectivity index (χ2v) is 3.18. The Morgan fingerprint density at radius 2 is 2.42 bits per heavy atom. The lowest BCUT2D eigenvalue weighted by molar-refractivity contribution is -0.118. The minimum absolute atomic E-state index is 0.126. The standard InChI is InChI=1S/C9H15NO2/c1-10(2)6-5-8(11)9-4-3-7-12-9/h4H,3,5-7H2,1-2H3. The van der Waals surface area contributed by atoms with Gasteiger partial charge in [0.25, 0.3) is 0 Å². The Morgan fingerprint density at radius 3 is 2.92 bits per heavy atom. The zero-order chi connectivity index (χ0) is 8.97. The molecule has 1 heterocycles. The second-order valence-electron chi connectivity index (χ2n) is 3.18. The second kappa shape index (κ2) is 4.26. The number of hydrogen-bond donors (Lipinski definition) is 0. The Bertz CT molecular complexity index is 197. The van der Waals surface area contributed by atoms with Crippen LogP contribution in [0.2, 0.25) is 0 Å². The van der Waals surface area contributed by atoms with E-state index in [1.807, 2.05) is 25.1 Å². The monoisotopic (exact) mass is 169 g/mol. The molecule has 0 fully saturated rings. The summed E-state index contributed by atoms with van der Waals surface area (Å²) in [5.74, 6) is 0.693. The number of hydrogen-bond acceptors (Lipinski definition) is 3. The summed E-state index contributed by atoms with van der Waals surface area (Å²) in [6.45, 7) is 1.46. The van der Waals surface area contributed by atoms with Crippen LogP contribution >= 0.6 is 0 Å². The fraction of sp³-hybridized carbons (Fsp3) is 0.667. The lowest BCUT2D eigenvalue weighted by atomic mass is 10.2. The Kier molecular flexibility index (Phi) is 3.29. The van der Waals surface area contributed by atoms with Crippen LogP contribution in [0.25, 0.3) is 0 Å². The van der Waals surface area contributed by atoms with Crippen LogP contribution in [0.15, 0.2) is 11.8 Å². The minimum Gasteiger partial charge on any atom is -0.490 e. The number of ether oxygens (including phenoxy) is 1.